The standard InChI is InChI=1S/C10H10ClNO3/c11-9-4-8-7(5-12-9)6(1-2-15-8)3-10(13)14/h4-6H,1-3H2,(H,13,14)/t6-/m1/s1. The van der Waals surface area contributed by atoms with Gasteiger partial charge in [0.15, 0.2) is 0 Å². The summed E-state index contributed by atoms with van der Waals surface area (Å²) in [5.74, 6) is -0.161. The first kappa shape index (κ1) is 10.2. The number of rotatable bonds is 2. The van der Waals surface area contributed by atoms with E-state index < -0.39 is 5.97 Å². The zero-order chi connectivity index (χ0) is 10.8. The number of ether oxygens (including phenoxy) is 1. The minimum Gasteiger partial charge on any atom is -0.493 e. The molecule has 0 saturated heterocycles. The highest BCUT2D eigenvalue weighted by Gasteiger charge is 2.24. The van der Waals surface area contributed by atoms with Crippen molar-refractivity contribution in [3.05, 3.63) is 23.0 Å². The Morgan fingerprint density at radius 1 is 1.73 bits per heavy atom. The third-order valence-corrected chi connectivity index (χ3v) is 2.65. The van der Waals surface area contributed by atoms with Crippen LogP contribution in [0.1, 0.15) is 24.3 Å². The number of carbonyl (C=O) groups is 1. The van der Waals surface area contributed by atoms with Crippen LogP contribution in [-0.2, 0) is 4.79 Å². The van der Waals surface area contributed by atoms with Gasteiger partial charge in [-0.25, -0.2) is 4.98 Å². The molecule has 0 radical (unpaired) electrons. The summed E-state index contributed by atoms with van der Waals surface area (Å²) in [5, 5.41) is 9.12. The summed E-state index contributed by atoms with van der Waals surface area (Å²) in [6.45, 7) is 0.533. The van der Waals surface area contributed by atoms with Crippen molar-refractivity contribution in [3.8, 4) is 5.75 Å². The second-order valence-electron chi connectivity index (χ2n) is 3.48. The molecule has 0 amide bonds. The first-order valence-electron chi connectivity index (χ1n) is 4.67. The van der Waals surface area contributed by atoms with E-state index in [1.54, 1.807) is 12.3 Å². The molecule has 0 saturated carbocycles. The van der Waals surface area contributed by atoms with Crippen LogP contribution in [0, 0.1) is 0 Å². The highest BCUT2D eigenvalue weighted by Crippen LogP contribution is 2.36. The number of hydrogen-bond acceptors (Lipinski definition) is 3. The lowest BCUT2D eigenvalue weighted by Gasteiger charge is -2.24. The number of fused-ring (bicyclic) bond motifs is 1. The van der Waals surface area contributed by atoms with E-state index in [0.717, 1.165) is 5.56 Å². The van der Waals surface area contributed by atoms with E-state index in [0.29, 0.717) is 23.9 Å². The molecule has 0 fully saturated rings. The number of aromatic nitrogens is 1. The van der Waals surface area contributed by atoms with Gasteiger partial charge < -0.3 is 9.84 Å². The van der Waals surface area contributed by atoms with Gasteiger partial charge in [0.25, 0.3) is 0 Å². The lowest BCUT2D eigenvalue weighted by atomic mass is 9.92. The average molecular weight is 228 g/mol. The van der Waals surface area contributed by atoms with Gasteiger partial charge in [-0.15, -0.1) is 0 Å². The summed E-state index contributed by atoms with van der Waals surface area (Å²) in [6, 6.07) is 1.63. The molecule has 1 aliphatic rings. The Morgan fingerprint density at radius 3 is 3.27 bits per heavy atom. The Balaban J connectivity index is 2.30. The van der Waals surface area contributed by atoms with Gasteiger partial charge >= 0.3 is 5.97 Å². The third kappa shape index (κ3) is 2.21. The topological polar surface area (TPSA) is 59.4 Å². The molecular weight excluding hydrogens is 218 g/mol. The van der Waals surface area contributed by atoms with Crippen molar-refractivity contribution in [2.24, 2.45) is 0 Å². The average Bonchev–Trinajstić information content (AvgIpc) is 2.16. The zero-order valence-electron chi connectivity index (χ0n) is 7.94. The van der Waals surface area contributed by atoms with Crippen molar-refractivity contribution < 1.29 is 14.6 Å². The Kier molecular flexibility index (Phi) is 2.77. The fraction of sp³-hybridized carbons (Fsp3) is 0.400. The van der Waals surface area contributed by atoms with Gasteiger partial charge in [-0.3, -0.25) is 4.79 Å². The second kappa shape index (κ2) is 4.06. The molecule has 4 nitrogen and oxygen atoms in total. The van der Waals surface area contributed by atoms with Crippen LogP contribution < -0.4 is 4.74 Å². The highest BCUT2D eigenvalue weighted by atomic mass is 35.5. The summed E-state index contributed by atoms with van der Waals surface area (Å²) in [7, 11) is 0. The number of hydrogen-bond donors (Lipinski definition) is 1. The van der Waals surface area contributed by atoms with Crippen LogP contribution in [0.3, 0.4) is 0 Å². The van der Waals surface area contributed by atoms with Crippen molar-refractivity contribution in [1.82, 2.24) is 4.98 Å². The number of aliphatic carboxylic acids is 1. The molecule has 15 heavy (non-hydrogen) atoms. The number of halogens is 1. The molecule has 1 atom stereocenters. The van der Waals surface area contributed by atoms with Crippen molar-refractivity contribution in [2.45, 2.75) is 18.8 Å². The van der Waals surface area contributed by atoms with Crippen LogP contribution in [-0.4, -0.2) is 22.7 Å². The Bertz CT molecular complexity index is 394. The van der Waals surface area contributed by atoms with Crippen molar-refractivity contribution in [3.63, 3.8) is 0 Å². The Labute approximate surface area is 91.8 Å². The van der Waals surface area contributed by atoms with Gasteiger partial charge in [0.05, 0.1) is 13.0 Å². The lowest BCUT2D eigenvalue weighted by molar-refractivity contribution is -0.137. The van der Waals surface area contributed by atoms with Gasteiger partial charge in [-0.05, 0) is 6.42 Å². The van der Waals surface area contributed by atoms with Gasteiger partial charge in [0.1, 0.15) is 10.9 Å². The normalized spacial score (nSPS) is 19.1. The summed E-state index contributed by atoms with van der Waals surface area (Å²) in [6.07, 6.45) is 2.42. The van der Waals surface area contributed by atoms with E-state index >= 15 is 0 Å². The maximum atomic E-state index is 10.7. The van der Waals surface area contributed by atoms with Crippen molar-refractivity contribution in [1.29, 1.82) is 0 Å². The number of carboxylic acids is 1. The van der Waals surface area contributed by atoms with Gasteiger partial charge in [0, 0.05) is 23.7 Å². The quantitative estimate of drug-likeness (QED) is 0.786. The van der Waals surface area contributed by atoms with Crippen LogP contribution in [0.5, 0.6) is 5.75 Å². The van der Waals surface area contributed by atoms with Gasteiger partial charge in [0.2, 0.25) is 0 Å². The van der Waals surface area contributed by atoms with Crippen molar-refractivity contribution >= 4 is 17.6 Å². The van der Waals surface area contributed by atoms with Crippen LogP contribution in [0.2, 0.25) is 5.15 Å². The predicted molar refractivity (Wildman–Crippen MR) is 54.4 cm³/mol. The van der Waals surface area contributed by atoms with Crippen LogP contribution in [0.4, 0.5) is 0 Å². The molecule has 1 N–H and O–H groups in total. The van der Waals surface area contributed by atoms with Crippen LogP contribution in [0.15, 0.2) is 12.3 Å². The molecule has 0 unspecified atom stereocenters. The van der Waals surface area contributed by atoms with E-state index in [1.165, 1.54) is 0 Å². The predicted octanol–water partition coefficient (Wildman–Crippen LogP) is 2.08. The maximum absolute atomic E-state index is 10.7. The number of nitrogens with zero attached hydrogens (tertiary/aromatic N) is 1. The molecule has 5 heteroatoms. The minimum absolute atomic E-state index is 0.0176. The smallest absolute Gasteiger partial charge is 0.303 e. The van der Waals surface area contributed by atoms with E-state index in [9.17, 15) is 4.79 Å². The summed E-state index contributed by atoms with van der Waals surface area (Å²) in [4.78, 5) is 14.6. The molecule has 1 aliphatic heterocycles. The molecular formula is C10H10ClNO3. The molecule has 1 aromatic heterocycles. The summed E-state index contributed by atoms with van der Waals surface area (Å²) >= 11 is 5.72. The largest absolute Gasteiger partial charge is 0.493 e. The SMILES string of the molecule is O=C(O)C[C@H]1CCOc2cc(Cl)ncc21. The Hall–Kier alpha value is -1.29. The monoisotopic (exact) mass is 227 g/mol. The number of pyridine rings is 1. The van der Waals surface area contributed by atoms with Crippen molar-refractivity contribution in [2.75, 3.05) is 6.61 Å². The Morgan fingerprint density at radius 2 is 2.53 bits per heavy atom. The zero-order valence-corrected chi connectivity index (χ0v) is 8.70. The first-order valence-corrected chi connectivity index (χ1v) is 5.04. The van der Waals surface area contributed by atoms with Gasteiger partial charge in [-0.1, -0.05) is 11.6 Å². The first-order chi connectivity index (χ1) is 7.16. The highest BCUT2D eigenvalue weighted by molar-refractivity contribution is 6.29. The third-order valence-electron chi connectivity index (χ3n) is 2.45. The lowest BCUT2D eigenvalue weighted by Crippen LogP contribution is -2.17. The molecule has 80 valence electrons. The van der Waals surface area contributed by atoms with Crippen LogP contribution >= 0.6 is 11.6 Å². The van der Waals surface area contributed by atoms with Gasteiger partial charge in [-0.2, -0.15) is 0 Å². The van der Waals surface area contributed by atoms with E-state index in [2.05, 4.69) is 4.98 Å². The van der Waals surface area contributed by atoms with E-state index in [1.807, 2.05) is 0 Å². The van der Waals surface area contributed by atoms with E-state index in [4.69, 9.17) is 21.4 Å². The molecule has 2 rings (SSSR count). The maximum Gasteiger partial charge on any atom is 0.303 e. The molecule has 0 bridgehead atoms. The minimum atomic E-state index is -0.803. The fourth-order valence-corrected chi connectivity index (χ4v) is 1.89. The summed E-state index contributed by atoms with van der Waals surface area (Å²) < 4.78 is 5.40. The molecule has 1 aromatic rings. The molecule has 0 aromatic carbocycles. The molecule has 0 aliphatic carbocycles. The summed E-state index contributed by atoms with van der Waals surface area (Å²) in [5.41, 5.74) is 0.841. The molecule has 2 heterocycles. The fourth-order valence-electron chi connectivity index (χ4n) is 1.74. The second-order valence-corrected chi connectivity index (χ2v) is 3.86. The molecule has 0 spiro atoms. The van der Waals surface area contributed by atoms with E-state index in [-0.39, 0.29) is 12.3 Å². The number of carboxylic acid groups (broad SMARTS) is 1. The van der Waals surface area contributed by atoms with Crippen LogP contribution in [0.25, 0.3) is 0 Å².